The van der Waals surface area contributed by atoms with Gasteiger partial charge in [0.15, 0.2) is 0 Å². The fourth-order valence-electron chi connectivity index (χ4n) is 1.51. The summed E-state index contributed by atoms with van der Waals surface area (Å²) in [4.78, 5) is 14.8. The third kappa shape index (κ3) is 4.54. The predicted octanol–water partition coefficient (Wildman–Crippen LogP) is 4.08. The maximum atomic E-state index is 11.9. The van der Waals surface area contributed by atoms with Crippen molar-refractivity contribution in [3.8, 4) is 0 Å². The lowest BCUT2D eigenvalue weighted by molar-refractivity contribution is -0.131. The Morgan fingerprint density at radius 2 is 2.11 bits per heavy atom. The number of halogens is 1. The van der Waals surface area contributed by atoms with Gasteiger partial charge in [-0.05, 0) is 25.5 Å². The molecule has 1 rings (SSSR count). The molecule has 0 aliphatic carbocycles. The third-order valence-electron chi connectivity index (χ3n) is 3.06. The number of hydrogen-bond donors (Lipinski definition) is 0. The molecule has 4 heteroatoms. The summed E-state index contributed by atoms with van der Waals surface area (Å²) in [6.07, 6.45) is 1.54. The third-order valence-corrected chi connectivity index (χ3v) is 4.57. The summed E-state index contributed by atoms with van der Waals surface area (Å²) in [5.74, 6) is 0.965. The first-order chi connectivity index (χ1) is 8.56. The lowest BCUT2D eigenvalue weighted by Crippen LogP contribution is -2.34. The van der Waals surface area contributed by atoms with E-state index in [1.807, 2.05) is 36.2 Å². The van der Waals surface area contributed by atoms with Crippen LogP contribution in [0.25, 0.3) is 0 Å². The second-order valence-corrected chi connectivity index (χ2v) is 5.83. The van der Waals surface area contributed by atoms with E-state index in [2.05, 4.69) is 13.8 Å². The van der Waals surface area contributed by atoms with E-state index >= 15 is 0 Å². The molecule has 1 unspecified atom stereocenters. The number of thioether (sulfide) groups is 1. The average Bonchev–Trinajstić information content (AvgIpc) is 2.39. The van der Waals surface area contributed by atoms with Gasteiger partial charge in [0, 0.05) is 30.2 Å². The summed E-state index contributed by atoms with van der Waals surface area (Å²) < 4.78 is 0. The molecule has 1 atom stereocenters. The molecule has 1 aromatic rings. The lowest BCUT2D eigenvalue weighted by Gasteiger charge is -2.23. The molecule has 0 saturated carbocycles. The standard InChI is InChI=1S/C14H20ClNOS/c1-4-11(2)16(3)14(17)9-10-18-13-8-6-5-7-12(13)15/h5-8,11H,4,9-10H2,1-3H3. The smallest absolute Gasteiger partial charge is 0.223 e. The minimum atomic E-state index is 0.198. The van der Waals surface area contributed by atoms with Gasteiger partial charge in [-0.1, -0.05) is 30.7 Å². The van der Waals surface area contributed by atoms with Crippen LogP contribution >= 0.6 is 23.4 Å². The monoisotopic (exact) mass is 285 g/mol. The van der Waals surface area contributed by atoms with E-state index in [-0.39, 0.29) is 5.91 Å². The van der Waals surface area contributed by atoms with Crippen LogP contribution in [0.3, 0.4) is 0 Å². The van der Waals surface area contributed by atoms with Crippen LogP contribution in [-0.4, -0.2) is 29.6 Å². The number of carbonyl (C=O) groups excluding carboxylic acids is 1. The maximum Gasteiger partial charge on any atom is 0.223 e. The molecule has 18 heavy (non-hydrogen) atoms. The molecule has 1 amide bonds. The van der Waals surface area contributed by atoms with Crippen LogP contribution in [0.4, 0.5) is 0 Å². The summed E-state index contributed by atoms with van der Waals surface area (Å²) in [7, 11) is 1.87. The van der Waals surface area contributed by atoms with E-state index in [1.54, 1.807) is 11.8 Å². The number of nitrogens with zero attached hydrogens (tertiary/aromatic N) is 1. The first kappa shape index (κ1) is 15.4. The van der Waals surface area contributed by atoms with Crippen molar-refractivity contribution in [2.45, 2.75) is 37.6 Å². The Hall–Kier alpha value is -0.670. The van der Waals surface area contributed by atoms with Gasteiger partial charge < -0.3 is 4.90 Å². The van der Waals surface area contributed by atoms with Crippen molar-refractivity contribution in [3.05, 3.63) is 29.3 Å². The Morgan fingerprint density at radius 3 is 2.72 bits per heavy atom. The van der Waals surface area contributed by atoms with Crippen molar-refractivity contribution in [2.24, 2.45) is 0 Å². The number of benzene rings is 1. The number of amides is 1. The Bertz CT molecular complexity index is 397. The first-order valence-electron chi connectivity index (χ1n) is 6.19. The molecule has 0 aliphatic heterocycles. The fourth-order valence-corrected chi connectivity index (χ4v) is 2.68. The highest BCUT2D eigenvalue weighted by atomic mass is 35.5. The molecule has 0 aromatic heterocycles. The predicted molar refractivity (Wildman–Crippen MR) is 79.3 cm³/mol. The van der Waals surface area contributed by atoms with Crippen molar-refractivity contribution in [2.75, 3.05) is 12.8 Å². The summed E-state index contributed by atoms with van der Waals surface area (Å²) >= 11 is 7.69. The summed E-state index contributed by atoms with van der Waals surface area (Å²) in [5.41, 5.74) is 0. The van der Waals surface area contributed by atoms with Crippen LogP contribution in [-0.2, 0) is 4.79 Å². The van der Waals surface area contributed by atoms with Gasteiger partial charge in [0.1, 0.15) is 0 Å². The molecule has 0 saturated heterocycles. The zero-order valence-electron chi connectivity index (χ0n) is 11.1. The zero-order chi connectivity index (χ0) is 13.5. The molecule has 2 nitrogen and oxygen atoms in total. The van der Waals surface area contributed by atoms with Gasteiger partial charge in [-0.3, -0.25) is 4.79 Å². The summed E-state index contributed by atoms with van der Waals surface area (Å²) in [5, 5.41) is 0.755. The Morgan fingerprint density at radius 1 is 1.44 bits per heavy atom. The van der Waals surface area contributed by atoms with Crippen LogP contribution in [0.15, 0.2) is 29.2 Å². The zero-order valence-corrected chi connectivity index (χ0v) is 12.7. The van der Waals surface area contributed by atoms with Gasteiger partial charge in [-0.25, -0.2) is 0 Å². The van der Waals surface area contributed by atoms with Gasteiger partial charge in [-0.15, -0.1) is 11.8 Å². The van der Waals surface area contributed by atoms with Crippen molar-refractivity contribution >= 4 is 29.3 Å². The van der Waals surface area contributed by atoms with Gasteiger partial charge in [0.05, 0.1) is 5.02 Å². The Labute approximate surface area is 119 Å². The summed E-state index contributed by atoms with van der Waals surface area (Å²) in [6.45, 7) is 4.16. The topological polar surface area (TPSA) is 20.3 Å². The minimum absolute atomic E-state index is 0.198. The van der Waals surface area contributed by atoms with Crippen LogP contribution in [0.5, 0.6) is 0 Å². The van der Waals surface area contributed by atoms with Crippen molar-refractivity contribution < 1.29 is 4.79 Å². The van der Waals surface area contributed by atoms with E-state index in [0.29, 0.717) is 12.5 Å². The number of hydrogen-bond acceptors (Lipinski definition) is 2. The normalized spacial score (nSPS) is 12.2. The quantitative estimate of drug-likeness (QED) is 0.734. The Balaban J connectivity index is 2.38. The molecule has 1 aromatic carbocycles. The molecule has 0 aliphatic rings. The molecule has 0 spiro atoms. The van der Waals surface area contributed by atoms with E-state index in [9.17, 15) is 4.79 Å². The highest BCUT2D eigenvalue weighted by molar-refractivity contribution is 7.99. The lowest BCUT2D eigenvalue weighted by atomic mass is 10.2. The van der Waals surface area contributed by atoms with Gasteiger partial charge in [-0.2, -0.15) is 0 Å². The molecule has 0 heterocycles. The molecule has 0 N–H and O–H groups in total. The van der Waals surface area contributed by atoms with Crippen LogP contribution < -0.4 is 0 Å². The summed E-state index contributed by atoms with van der Waals surface area (Å²) in [6, 6.07) is 8.03. The van der Waals surface area contributed by atoms with Gasteiger partial charge in [0.2, 0.25) is 5.91 Å². The second kappa shape index (κ2) is 7.70. The molecular formula is C14H20ClNOS. The van der Waals surface area contributed by atoms with E-state index in [0.717, 1.165) is 22.1 Å². The average molecular weight is 286 g/mol. The van der Waals surface area contributed by atoms with Gasteiger partial charge >= 0.3 is 0 Å². The molecular weight excluding hydrogens is 266 g/mol. The van der Waals surface area contributed by atoms with Crippen LogP contribution in [0.2, 0.25) is 5.02 Å². The van der Waals surface area contributed by atoms with E-state index in [1.165, 1.54) is 0 Å². The van der Waals surface area contributed by atoms with Gasteiger partial charge in [0.25, 0.3) is 0 Å². The Kier molecular flexibility index (Phi) is 6.58. The van der Waals surface area contributed by atoms with Crippen LogP contribution in [0, 0.1) is 0 Å². The van der Waals surface area contributed by atoms with E-state index < -0.39 is 0 Å². The number of carbonyl (C=O) groups is 1. The molecule has 0 bridgehead atoms. The van der Waals surface area contributed by atoms with Crippen molar-refractivity contribution in [1.29, 1.82) is 0 Å². The largest absolute Gasteiger partial charge is 0.343 e. The van der Waals surface area contributed by atoms with E-state index in [4.69, 9.17) is 11.6 Å². The maximum absolute atomic E-state index is 11.9. The van der Waals surface area contributed by atoms with Crippen molar-refractivity contribution in [3.63, 3.8) is 0 Å². The number of rotatable bonds is 6. The molecule has 0 fully saturated rings. The highest BCUT2D eigenvalue weighted by Gasteiger charge is 2.13. The SMILES string of the molecule is CCC(C)N(C)C(=O)CCSc1ccccc1Cl. The first-order valence-corrected chi connectivity index (χ1v) is 7.55. The molecule has 100 valence electrons. The van der Waals surface area contributed by atoms with Crippen LogP contribution in [0.1, 0.15) is 26.7 Å². The second-order valence-electron chi connectivity index (χ2n) is 4.29. The highest BCUT2D eigenvalue weighted by Crippen LogP contribution is 2.27. The molecule has 0 radical (unpaired) electrons. The fraction of sp³-hybridized carbons (Fsp3) is 0.500. The minimum Gasteiger partial charge on any atom is -0.343 e. The van der Waals surface area contributed by atoms with Crippen molar-refractivity contribution in [1.82, 2.24) is 4.90 Å².